The third kappa shape index (κ3) is 8.09. The van der Waals surface area contributed by atoms with Crippen molar-refractivity contribution in [2.24, 2.45) is 0 Å². The summed E-state index contributed by atoms with van der Waals surface area (Å²) in [5.74, 6) is 2.43. The van der Waals surface area contributed by atoms with E-state index in [2.05, 4.69) is 188 Å². The summed E-state index contributed by atoms with van der Waals surface area (Å²) < 4.78 is 6.38. The van der Waals surface area contributed by atoms with Gasteiger partial charge in [-0.2, -0.15) is 0 Å². The van der Waals surface area contributed by atoms with Crippen LogP contribution in [0.4, 0.5) is 0 Å². The fourth-order valence-corrected chi connectivity index (χ4v) is 9.56. The van der Waals surface area contributed by atoms with Crippen LogP contribution in [0.25, 0.3) is 134 Å². The van der Waals surface area contributed by atoms with Crippen molar-refractivity contribution >= 4 is 32.7 Å². The number of nitrogens with zero attached hydrogens (tertiary/aromatic N) is 5. The second-order valence-corrected chi connectivity index (χ2v) is 17.7. The third-order valence-corrected chi connectivity index (χ3v) is 13.1. The second kappa shape index (κ2) is 17.8. The van der Waals surface area contributed by atoms with Gasteiger partial charge < -0.3 is 4.42 Å². The molecule has 10 aromatic carbocycles. The molecular weight excluding hydrogens is 867 g/mol. The smallest absolute Gasteiger partial charge is 0.164 e. The minimum Gasteiger partial charge on any atom is -0.456 e. The summed E-state index contributed by atoms with van der Waals surface area (Å²) >= 11 is 0. The molecule has 0 saturated heterocycles. The summed E-state index contributed by atoms with van der Waals surface area (Å²) in [5, 5.41) is 4.49. The Morgan fingerprint density at radius 2 is 0.648 bits per heavy atom. The van der Waals surface area contributed by atoms with Crippen molar-refractivity contribution in [3.05, 3.63) is 249 Å². The van der Waals surface area contributed by atoms with Gasteiger partial charge in [0.1, 0.15) is 11.2 Å². The van der Waals surface area contributed by atoms with Gasteiger partial charge in [0.05, 0.1) is 11.4 Å². The first kappa shape index (κ1) is 41.5. The van der Waals surface area contributed by atoms with Crippen molar-refractivity contribution in [1.82, 2.24) is 24.9 Å². The van der Waals surface area contributed by atoms with Crippen molar-refractivity contribution in [2.45, 2.75) is 0 Å². The van der Waals surface area contributed by atoms with Gasteiger partial charge in [0.25, 0.3) is 0 Å². The Morgan fingerprint density at radius 1 is 0.225 bits per heavy atom. The molecule has 0 aliphatic carbocycles. The Bertz CT molecular complexity index is 4040. The maximum Gasteiger partial charge on any atom is 0.164 e. The van der Waals surface area contributed by atoms with Crippen molar-refractivity contribution in [3.63, 3.8) is 0 Å². The first-order chi connectivity index (χ1) is 35.1. The van der Waals surface area contributed by atoms with Crippen molar-refractivity contribution in [1.29, 1.82) is 0 Å². The Labute approximate surface area is 410 Å². The van der Waals surface area contributed by atoms with Gasteiger partial charge in [-0.15, -0.1) is 0 Å². The second-order valence-electron chi connectivity index (χ2n) is 17.7. The van der Waals surface area contributed by atoms with E-state index in [0.717, 1.165) is 105 Å². The highest BCUT2D eigenvalue weighted by Crippen LogP contribution is 2.39. The average molecular weight is 908 g/mol. The lowest BCUT2D eigenvalue weighted by atomic mass is 9.96. The van der Waals surface area contributed by atoms with Crippen LogP contribution in [0.1, 0.15) is 0 Å². The summed E-state index contributed by atoms with van der Waals surface area (Å²) in [6.07, 6.45) is 0. The summed E-state index contributed by atoms with van der Waals surface area (Å²) in [6, 6.07) is 85.9. The molecule has 0 saturated carbocycles. The van der Waals surface area contributed by atoms with Gasteiger partial charge in [0.2, 0.25) is 0 Å². The minimum atomic E-state index is 0.585. The summed E-state index contributed by atoms with van der Waals surface area (Å²) in [4.78, 5) is 25.9. The van der Waals surface area contributed by atoms with E-state index in [1.807, 2.05) is 60.7 Å². The van der Waals surface area contributed by atoms with Crippen molar-refractivity contribution < 1.29 is 4.42 Å². The lowest BCUT2D eigenvalue weighted by molar-refractivity contribution is 0.669. The summed E-state index contributed by atoms with van der Waals surface area (Å²) in [6.45, 7) is 0. The number of rotatable bonds is 9. The van der Waals surface area contributed by atoms with Crippen LogP contribution in [-0.4, -0.2) is 24.9 Å². The van der Waals surface area contributed by atoms with Gasteiger partial charge in [-0.1, -0.05) is 188 Å². The van der Waals surface area contributed by atoms with E-state index >= 15 is 0 Å². The first-order valence-electron chi connectivity index (χ1n) is 23.7. The summed E-state index contributed by atoms with van der Waals surface area (Å²) in [7, 11) is 0. The molecule has 0 aliphatic rings. The monoisotopic (exact) mass is 907 g/mol. The molecule has 0 aliphatic heterocycles. The van der Waals surface area contributed by atoms with Crippen LogP contribution in [0.2, 0.25) is 0 Å². The number of furan rings is 1. The molecule has 0 radical (unpaired) electrons. The van der Waals surface area contributed by atoms with E-state index in [4.69, 9.17) is 29.3 Å². The zero-order valence-electron chi connectivity index (χ0n) is 38.3. The SMILES string of the molecule is c1ccc(-c2cc(-c3ccccc3)cc(-c3nc(-c4ccccc4)nc(-c4cccc(-c5cccc(-c6cc(-c7ccc8oc9ccc%10ccccc%10c9c8c7)nc(-c7ccccc7)n6)c5)c4)n3)c2)cc1. The molecule has 71 heavy (non-hydrogen) atoms. The fourth-order valence-electron chi connectivity index (χ4n) is 9.56. The molecular formula is C65H41N5O. The maximum atomic E-state index is 6.38. The molecule has 13 rings (SSSR count). The van der Waals surface area contributed by atoms with Crippen molar-refractivity contribution in [3.8, 4) is 101 Å². The minimum absolute atomic E-state index is 0.585. The van der Waals surface area contributed by atoms with Crippen LogP contribution in [0, 0.1) is 0 Å². The van der Waals surface area contributed by atoms with Crippen LogP contribution in [0.15, 0.2) is 253 Å². The molecule has 0 unspecified atom stereocenters. The highest BCUT2D eigenvalue weighted by atomic mass is 16.3. The highest BCUT2D eigenvalue weighted by molar-refractivity contribution is 6.19. The van der Waals surface area contributed by atoms with Gasteiger partial charge in [0, 0.05) is 44.2 Å². The zero-order valence-corrected chi connectivity index (χ0v) is 38.3. The maximum absolute atomic E-state index is 6.38. The molecule has 6 heteroatoms. The predicted octanol–water partition coefficient (Wildman–Crippen LogP) is 16.7. The number of benzene rings is 10. The number of fused-ring (bicyclic) bond motifs is 5. The first-order valence-corrected chi connectivity index (χ1v) is 23.7. The number of hydrogen-bond donors (Lipinski definition) is 0. The zero-order chi connectivity index (χ0) is 47.1. The molecule has 3 aromatic heterocycles. The third-order valence-electron chi connectivity index (χ3n) is 13.1. The van der Waals surface area contributed by atoms with Crippen LogP contribution < -0.4 is 0 Å². The Kier molecular flexibility index (Phi) is 10.4. The Hall–Kier alpha value is -9.65. The number of hydrogen-bond acceptors (Lipinski definition) is 6. The standard InChI is InChI=1S/C65H41N5O/c1-5-17-42(18-6-1)52-37-53(43-19-7-2-8-20-43)39-54(38-52)65-69-63(46-24-11-4-12-25-46)68-64(70-65)51-29-16-27-48(36-51)47-26-15-28-49(35-47)57-41-58(67-62(66-57)45-22-9-3-10-23-45)50-32-33-59-56(40-50)61-55-30-14-13-21-44(55)31-34-60(61)71-59/h1-41H. The van der Waals surface area contributed by atoms with E-state index in [1.54, 1.807) is 0 Å². The van der Waals surface area contributed by atoms with Gasteiger partial charge in [-0.3, -0.25) is 0 Å². The van der Waals surface area contributed by atoms with E-state index in [-0.39, 0.29) is 0 Å². The normalized spacial score (nSPS) is 11.4. The molecule has 3 heterocycles. The van der Waals surface area contributed by atoms with E-state index < -0.39 is 0 Å². The quantitative estimate of drug-likeness (QED) is 0.144. The lowest BCUT2D eigenvalue weighted by Crippen LogP contribution is -2.00. The van der Waals surface area contributed by atoms with Gasteiger partial charge in [-0.25, -0.2) is 24.9 Å². The summed E-state index contributed by atoms with van der Waals surface area (Å²) in [5.41, 5.74) is 15.4. The van der Waals surface area contributed by atoms with Crippen molar-refractivity contribution in [2.75, 3.05) is 0 Å². The molecule has 0 bridgehead atoms. The molecule has 332 valence electrons. The molecule has 6 nitrogen and oxygen atoms in total. The van der Waals surface area contributed by atoms with Gasteiger partial charge in [0.15, 0.2) is 23.3 Å². The van der Waals surface area contributed by atoms with E-state index in [0.29, 0.717) is 23.3 Å². The predicted molar refractivity (Wildman–Crippen MR) is 289 cm³/mol. The Balaban J connectivity index is 0.913. The fraction of sp³-hybridized carbons (Fsp3) is 0. The Morgan fingerprint density at radius 3 is 1.27 bits per heavy atom. The molecule has 0 N–H and O–H groups in total. The number of aromatic nitrogens is 5. The van der Waals surface area contributed by atoms with E-state index in [9.17, 15) is 0 Å². The largest absolute Gasteiger partial charge is 0.456 e. The molecule has 0 spiro atoms. The van der Waals surface area contributed by atoms with Crippen LogP contribution in [0.5, 0.6) is 0 Å². The van der Waals surface area contributed by atoms with E-state index in [1.165, 1.54) is 5.39 Å². The van der Waals surface area contributed by atoms with Crippen LogP contribution in [0.3, 0.4) is 0 Å². The van der Waals surface area contributed by atoms with Gasteiger partial charge in [-0.05, 0) is 105 Å². The topological polar surface area (TPSA) is 77.6 Å². The average Bonchev–Trinajstić information content (AvgIpc) is 3.84. The molecule has 0 atom stereocenters. The lowest BCUT2D eigenvalue weighted by Gasteiger charge is -2.13. The molecule has 13 aromatic rings. The molecule has 0 amide bonds. The highest BCUT2D eigenvalue weighted by Gasteiger charge is 2.18. The van der Waals surface area contributed by atoms with Crippen LogP contribution in [-0.2, 0) is 0 Å². The molecule has 0 fully saturated rings. The van der Waals surface area contributed by atoms with Crippen LogP contribution >= 0.6 is 0 Å². The van der Waals surface area contributed by atoms with Gasteiger partial charge >= 0.3 is 0 Å².